The quantitative estimate of drug-likeness (QED) is 0.735. The lowest BCUT2D eigenvalue weighted by molar-refractivity contribution is -0.111. The molecule has 23 heavy (non-hydrogen) atoms. The Kier molecular flexibility index (Phi) is 4.12. The third-order valence-corrected chi connectivity index (χ3v) is 3.77. The molecule has 0 unspecified atom stereocenters. The van der Waals surface area contributed by atoms with Crippen LogP contribution in [0.1, 0.15) is 5.56 Å². The van der Waals surface area contributed by atoms with Crippen molar-refractivity contribution in [1.82, 2.24) is 9.55 Å². The molecule has 1 aromatic carbocycles. The summed E-state index contributed by atoms with van der Waals surface area (Å²) in [5.74, 6) is -0.955. The Hall–Kier alpha value is -2.66. The third kappa shape index (κ3) is 3.10. The van der Waals surface area contributed by atoms with E-state index in [2.05, 4.69) is 16.9 Å². The van der Waals surface area contributed by atoms with Crippen LogP contribution >= 0.6 is 11.6 Å². The normalized spacial score (nSPS) is 10.7. The average Bonchev–Trinajstić information content (AvgIpc) is 2.95. The summed E-state index contributed by atoms with van der Waals surface area (Å²) in [6.07, 6.45) is 4.61. The first-order valence-corrected chi connectivity index (χ1v) is 7.27. The number of aromatic nitrogens is 2. The van der Waals surface area contributed by atoms with Gasteiger partial charge in [0.05, 0.1) is 10.7 Å². The molecule has 1 amide bonds. The summed E-state index contributed by atoms with van der Waals surface area (Å²) in [5.41, 5.74) is 1.69. The van der Waals surface area contributed by atoms with Crippen molar-refractivity contribution in [3.63, 3.8) is 0 Å². The summed E-state index contributed by atoms with van der Waals surface area (Å²) >= 11 is 6.13. The first-order valence-electron chi connectivity index (χ1n) is 6.89. The molecule has 4 nitrogen and oxygen atoms in total. The zero-order valence-electron chi connectivity index (χ0n) is 12.1. The van der Waals surface area contributed by atoms with E-state index in [1.54, 1.807) is 24.4 Å². The molecule has 6 heteroatoms. The lowest BCUT2D eigenvalue weighted by atomic mass is 10.2. The van der Waals surface area contributed by atoms with Crippen LogP contribution in [-0.2, 0) is 11.3 Å². The number of carbonyl (C=O) groups excluding carboxylic acids is 1. The molecule has 0 aliphatic rings. The van der Waals surface area contributed by atoms with Gasteiger partial charge in [-0.3, -0.25) is 4.79 Å². The molecule has 0 atom stereocenters. The summed E-state index contributed by atoms with van der Waals surface area (Å²) in [6.45, 7) is 3.83. The van der Waals surface area contributed by atoms with Crippen molar-refractivity contribution in [3.05, 3.63) is 71.8 Å². The molecule has 2 aromatic heterocycles. The van der Waals surface area contributed by atoms with Crippen molar-refractivity contribution >= 4 is 34.2 Å². The molecule has 0 bridgehead atoms. The number of carbonyl (C=O) groups is 1. The number of nitrogens with one attached hydrogen (secondary N) is 1. The molecule has 0 aliphatic heterocycles. The summed E-state index contributed by atoms with van der Waals surface area (Å²) in [6, 6.07) is 8.19. The Balaban J connectivity index is 1.93. The molecule has 0 aliphatic carbocycles. The van der Waals surface area contributed by atoms with Gasteiger partial charge in [-0.1, -0.05) is 24.2 Å². The Bertz CT molecular complexity index is 904. The van der Waals surface area contributed by atoms with Gasteiger partial charge in [0.2, 0.25) is 5.91 Å². The fraction of sp³-hybridized carbons (Fsp3) is 0.0588. The molecule has 0 spiro atoms. The van der Waals surface area contributed by atoms with E-state index in [0.29, 0.717) is 11.6 Å². The van der Waals surface area contributed by atoms with E-state index in [0.717, 1.165) is 22.7 Å². The van der Waals surface area contributed by atoms with E-state index in [4.69, 9.17) is 11.6 Å². The van der Waals surface area contributed by atoms with Gasteiger partial charge in [-0.2, -0.15) is 0 Å². The van der Waals surface area contributed by atoms with E-state index >= 15 is 0 Å². The van der Waals surface area contributed by atoms with Crippen LogP contribution in [0.15, 0.2) is 55.4 Å². The minimum Gasteiger partial charge on any atom is -0.328 e. The van der Waals surface area contributed by atoms with Crippen molar-refractivity contribution in [2.24, 2.45) is 0 Å². The van der Waals surface area contributed by atoms with Gasteiger partial charge in [0.15, 0.2) is 0 Å². The van der Waals surface area contributed by atoms with Gasteiger partial charge in [-0.05, 0) is 35.9 Å². The van der Waals surface area contributed by atoms with Crippen molar-refractivity contribution in [3.8, 4) is 0 Å². The topological polar surface area (TPSA) is 46.9 Å². The zero-order valence-corrected chi connectivity index (χ0v) is 12.8. The van der Waals surface area contributed by atoms with Crippen molar-refractivity contribution in [2.75, 3.05) is 5.32 Å². The van der Waals surface area contributed by atoms with Crippen LogP contribution in [0.4, 0.5) is 10.1 Å². The minimum atomic E-state index is -0.498. The highest BCUT2D eigenvalue weighted by Crippen LogP contribution is 2.24. The largest absolute Gasteiger partial charge is 0.328 e. The standard InChI is InChI=1S/C17H13ClFN3O/c1-2-16(23)21-15-9-11(3-4-14(15)19)10-22-8-6-12-13(18)5-7-20-17(12)22/h2-9H,1,10H2,(H,21,23). The Morgan fingerprint density at radius 3 is 3.00 bits per heavy atom. The number of hydrogen-bond donors (Lipinski definition) is 1. The fourth-order valence-corrected chi connectivity index (χ4v) is 2.54. The maximum Gasteiger partial charge on any atom is 0.247 e. The van der Waals surface area contributed by atoms with Gasteiger partial charge < -0.3 is 9.88 Å². The van der Waals surface area contributed by atoms with E-state index in [-0.39, 0.29) is 5.69 Å². The van der Waals surface area contributed by atoms with Gasteiger partial charge in [-0.25, -0.2) is 9.37 Å². The number of pyridine rings is 1. The molecule has 0 fully saturated rings. The number of fused-ring (bicyclic) bond motifs is 1. The predicted octanol–water partition coefficient (Wildman–Crippen LogP) is 4.00. The first-order chi connectivity index (χ1) is 11.1. The number of nitrogens with zero attached hydrogens (tertiary/aromatic N) is 2. The minimum absolute atomic E-state index is 0.120. The number of anilines is 1. The summed E-state index contributed by atoms with van der Waals surface area (Å²) < 4.78 is 15.7. The molecule has 0 saturated carbocycles. The SMILES string of the molecule is C=CC(=O)Nc1cc(Cn2ccc3c(Cl)ccnc32)ccc1F. The van der Waals surface area contributed by atoms with E-state index in [1.165, 1.54) is 6.07 Å². The zero-order chi connectivity index (χ0) is 16.4. The number of rotatable bonds is 4. The van der Waals surface area contributed by atoms with Gasteiger partial charge in [-0.15, -0.1) is 0 Å². The van der Waals surface area contributed by atoms with E-state index < -0.39 is 11.7 Å². The number of benzene rings is 1. The van der Waals surface area contributed by atoms with Crippen molar-refractivity contribution < 1.29 is 9.18 Å². The third-order valence-electron chi connectivity index (χ3n) is 3.44. The van der Waals surface area contributed by atoms with Gasteiger partial charge in [0, 0.05) is 24.3 Å². The lowest BCUT2D eigenvalue weighted by Crippen LogP contribution is -2.09. The van der Waals surface area contributed by atoms with Crippen LogP contribution in [0.25, 0.3) is 11.0 Å². The average molecular weight is 330 g/mol. The maximum atomic E-state index is 13.8. The summed E-state index contributed by atoms with van der Waals surface area (Å²) in [5, 5.41) is 3.94. The van der Waals surface area contributed by atoms with Crippen LogP contribution in [0, 0.1) is 5.82 Å². The van der Waals surface area contributed by atoms with Crippen LogP contribution in [0.5, 0.6) is 0 Å². The first kappa shape index (κ1) is 15.2. The highest BCUT2D eigenvalue weighted by Gasteiger charge is 2.09. The molecular weight excluding hydrogens is 317 g/mol. The van der Waals surface area contributed by atoms with Gasteiger partial charge >= 0.3 is 0 Å². The van der Waals surface area contributed by atoms with E-state index in [9.17, 15) is 9.18 Å². The Labute approximate surface area is 137 Å². The second-order valence-electron chi connectivity index (χ2n) is 4.98. The second kappa shape index (κ2) is 6.22. The van der Waals surface area contributed by atoms with Crippen LogP contribution in [-0.4, -0.2) is 15.5 Å². The lowest BCUT2D eigenvalue weighted by Gasteiger charge is -2.09. The second-order valence-corrected chi connectivity index (χ2v) is 5.39. The summed E-state index contributed by atoms with van der Waals surface area (Å²) in [4.78, 5) is 15.7. The predicted molar refractivity (Wildman–Crippen MR) is 89.1 cm³/mol. The maximum absolute atomic E-state index is 13.8. The van der Waals surface area contributed by atoms with E-state index in [1.807, 2.05) is 16.8 Å². The molecule has 0 saturated heterocycles. The van der Waals surface area contributed by atoms with Crippen LogP contribution in [0.3, 0.4) is 0 Å². The van der Waals surface area contributed by atoms with Crippen LogP contribution < -0.4 is 5.32 Å². The van der Waals surface area contributed by atoms with Crippen molar-refractivity contribution in [1.29, 1.82) is 0 Å². The highest BCUT2D eigenvalue weighted by molar-refractivity contribution is 6.35. The Morgan fingerprint density at radius 2 is 2.22 bits per heavy atom. The molecule has 1 N–H and O–H groups in total. The number of halogens is 2. The Morgan fingerprint density at radius 1 is 1.39 bits per heavy atom. The molecular formula is C17H13ClFN3O. The number of amides is 1. The van der Waals surface area contributed by atoms with Crippen LogP contribution in [0.2, 0.25) is 5.02 Å². The highest BCUT2D eigenvalue weighted by atomic mass is 35.5. The molecule has 3 rings (SSSR count). The van der Waals surface area contributed by atoms with Gasteiger partial charge in [0.25, 0.3) is 0 Å². The number of hydrogen-bond acceptors (Lipinski definition) is 2. The molecule has 3 aromatic rings. The molecule has 116 valence electrons. The summed E-state index contributed by atoms with van der Waals surface area (Å²) in [7, 11) is 0. The van der Waals surface area contributed by atoms with Crippen molar-refractivity contribution in [2.45, 2.75) is 6.54 Å². The fourth-order valence-electron chi connectivity index (χ4n) is 2.33. The smallest absolute Gasteiger partial charge is 0.247 e. The molecule has 2 heterocycles. The molecule has 0 radical (unpaired) electrons. The monoisotopic (exact) mass is 329 g/mol. The van der Waals surface area contributed by atoms with Gasteiger partial charge in [0.1, 0.15) is 11.5 Å².